The van der Waals surface area contributed by atoms with E-state index in [1.165, 1.54) is 0 Å². The van der Waals surface area contributed by atoms with Gasteiger partial charge in [-0.25, -0.2) is 4.79 Å². The Kier molecular flexibility index (Phi) is 7.32. The Morgan fingerprint density at radius 2 is 1.91 bits per heavy atom. The van der Waals surface area contributed by atoms with E-state index in [-0.39, 0.29) is 0 Å². The van der Waals surface area contributed by atoms with Crippen molar-refractivity contribution in [1.82, 2.24) is 5.32 Å². The second-order valence-electron chi connectivity index (χ2n) is 6.28. The van der Waals surface area contributed by atoms with Crippen LogP contribution in [0.1, 0.15) is 45.8 Å². The fourth-order valence-corrected chi connectivity index (χ4v) is 2.11. The van der Waals surface area contributed by atoms with E-state index in [9.17, 15) is 9.90 Å². The normalized spacial score (nSPS) is 14.0. The Labute approximate surface area is 138 Å². The number of benzene rings is 1. The topological polar surface area (TPSA) is 93.8 Å². The summed E-state index contributed by atoms with van der Waals surface area (Å²) >= 11 is 0. The van der Waals surface area contributed by atoms with E-state index in [1.807, 2.05) is 6.92 Å². The molecule has 0 heterocycles. The summed E-state index contributed by atoms with van der Waals surface area (Å²) in [5, 5.41) is 13.2. The fourth-order valence-electron chi connectivity index (χ4n) is 2.11. The van der Waals surface area contributed by atoms with Gasteiger partial charge in [-0.3, -0.25) is 0 Å². The van der Waals surface area contributed by atoms with Crippen LogP contribution in [0.4, 0.5) is 4.79 Å². The van der Waals surface area contributed by atoms with Crippen molar-refractivity contribution in [1.29, 1.82) is 0 Å². The van der Waals surface area contributed by atoms with Crippen molar-refractivity contribution in [3.63, 3.8) is 0 Å². The molecule has 0 saturated carbocycles. The van der Waals surface area contributed by atoms with Gasteiger partial charge in [0.25, 0.3) is 0 Å². The maximum atomic E-state index is 11.9. The molecule has 0 spiro atoms. The van der Waals surface area contributed by atoms with Crippen LogP contribution in [0.3, 0.4) is 0 Å². The number of amides is 1. The number of hydrogen-bond acceptors (Lipinski definition) is 5. The van der Waals surface area contributed by atoms with E-state index in [2.05, 4.69) is 5.32 Å². The summed E-state index contributed by atoms with van der Waals surface area (Å²) in [5.74, 6) is 0.735. The number of aliphatic hydroxyl groups is 1. The highest BCUT2D eigenvalue weighted by atomic mass is 16.6. The van der Waals surface area contributed by atoms with Gasteiger partial charge in [-0.05, 0) is 58.4 Å². The summed E-state index contributed by atoms with van der Waals surface area (Å²) in [6.45, 7) is 8.19. The number of nitrogens with two attached hydrogens (primary N) is 1. The van der Waals surface area contributed by atoms with E-state index in [0.29, 0.717) is 25.1 Å². The maximum Gasteiger partial charge on any atom is 0.407 e. The molecule has 0 fully saturated rings. The van der Waals surface area contributed by atoms with Gasteiger partial charge in [-0.2, -0.15) is 0 Å². The minimum absolute atomic E-state index is 0.342. The van der Waals surface area contributed by atoms with Crippen LogP contribution >= 0.6 is 0 Å². The number of aliphatic hydroxyl groups excluding tert-OH is 1. The Balaban J connectivity index is 2.76. The van der Waals surface area contributed by atoms with Gasteiger partial charge in [-0.15, -0.1) is 0 Å². The van der Waals surface area contributed by atoms with Crippen molar-refractivity contribution >= 4 is 6.09 Å². The predicted molar refractivity (Wildman–Crippen MR) is 89.4 cm³/mol. The van der Waals surface area contributed by atoms with E-state index in [0.717, 1.165) is 5.75 Å². The largest absolute Gasteiger partial charge is 0.494 e. The second-order valence-corrected chi connectivity index (χ2v) is 6.28. The molecular formula is C17H28N2O4. The van der Waals surface area contributed by atoms with Crippen LogP contribution in [-0.2, 0) is 4.74 Å². The van der Waals surface area contributed by atoms with Gasteiger partial charge in [0, 0.05) is 0 Å². The molecule has 1 amide bonds. The number of hydrogen-bond donors (Lipinski definition) is 3. The van der Waals surface area contributed by atoms with Gasteiger partial charge < -0.3 is 25.6 Å². The van der Waals surface area contributed by atoms with E-state index in [4.69, 9.17) is 15.2 Å². The average Bonchev–Trinajstić information content (AvgIpc) is 2.45. The van der Waals surface area contributed by atoms with Gasteiger partial charge in [0.05, 0.1) is 18.8 Å². The molecule has 2 unspecified atom stereocenters. The molecule has 1 aromatic carbocycles. The fraction of sp³-hybridized carbons (Fsp3) is 0.588. The van der Waals surface area contributed by atoms with Crippen LogP contribution < -0.4 is 15.8 Å². The Morgan fingerprint density at radius 1 is 1.30 bits per heavy atom. The Morgan fingerprint density at radius 3 is 2.39 bits per heavy atom. The van der Waals surface area contributed by atoms with E-state index in [1.54, 1.807) is 45.0 Å². The summed E-state index contributed by atoms with van der Waals surface area (Å²) in [6.07, 6.45) is -1.00. The minimum Gasteiger partial charge on any atom is -0.494 e. The lowest BCUT2D eigenvalue weighted by Gasteiger charge is -2.26. The molecule has 130 valence electrons. The summed E-state index contributed by atoms with van der Waals surface area (Å²) < 4.78 is 10.6. The highest BCUT2D eigenvalue weighted by Crippen LogP contribution is 2.22. The molecule has 0 aromatic heterocycles. The van der Waals surface area contributed by atoms with Gasteiger partial charge in [-0.1, -0.05) is 12.1 Å². The first-order valence-corrected chi connectivity index (χ1v) is 7.87. The quantitative estimate of drug-likeness (QED) is 0.716. The standard InChI is InChI=1S/C17H28N2O4/c1-5-22-13-8-6-12(7-9-13)15(20)14(10-11-18)19-16(21)23-17(2,3)4/h6-9,14-15,20H,5,10-11,18H2,1-4H3,(H,19,21). The Bertz CT molecular complexity index is 482. The zero-order chi connectivity index (χ0) is 17.5. The zero-order valence-electron chi connectivity index (χ0n) is 14.3. The molecule has 1 rings (SSSR count). The monoisotopic (exact) mass is 324 g/mol. The summed E-state index contributed by atoms with van der Waals surface area (Å²) in [6, 6.07) is 6.60. The third-order valence-corrected chi connectivity index (χ3v) is 3.09. The van der Waals surface area contributed by atoms with E-state index < -0.39 is 23.8 Å². The molecule has 6 heteroatoms. The molecule has 23 heavy (non-hydrogen) atoms. The number of rotatable bonds is 7. The van der Waals surface area contributed by atoms with Crippen molar-refractivity contribution < 1.29 is 19.4 Å². The lowest BCUT2D eigenvalue weighted by molar-refractivity contribution is 0.0415. The molecule has 6 nitrogen and oxygen atoms in total. The first-order chi connectivity index (χ1) is 10.8. The first-order valence-electron chi connectivity index (χ1n) is 7.87. The molecule has 4 N–H and O–H groups in total. The molecule has 0 aliphatic rings. The summed E-state index contributed by atoms with van der Waals surface area (Å²) in [5.41, 5.74) is 5.68. The molecule has 0 radical (unpaired) electrons. The highest BCUT2D eigenvalue weighted by Gasteiger charge is 2.25. The van der Waals surface area contributed by atoms with Crippen LogP contribution in [0.5, 0.6) is 5.75 Å². The van der Waals surface area contributed by atoms with Crippen LogP contribution in [-0.4, -0.2) is 36.0 Å². The number of ether oxygens (including phenoxy) is 2. The summed E-state index contributed by atoms with van der Waals surface area (Å²) in [7, 11) is 0. The van der Waals surface area contributed by atoms with Crippen LogP contribution in [0.25, 0.3) is 0 Å². The first kappa shape index (κ1) is 19.3. The number of nitrogens with one attached hydrogen (secondary N) is 1. The molecule has 0 aliphatic heterocycles. The molecule has 0 bridgehead atoms. The average molecular weight is 324 g/mol. The molecule has 2 atom stereocenters. The number of alkyl carbamates (subject to hydrolysis) is 1. The van der Waals surface area contributed by atoms with Crippen LogP contribution in [0, 0.1) is 0 Å². The lowest BCUT2D eigenvalue weighted by Crippen LogP contribution is -2.43. The third kappa shape index (κ3) is 6.88. The lowest BCUT2D eigenvalue weighted by atomic mass is 9.99. The maximum absolute atomic E-state index is 11.9. The third-order valence-electron chi connectivity index (χ3n) is 3.09. The van der Waals surface area contributed by atoms with Crippen molar-refractivity contribution in [3.8, 4) is 5.75 Å². The second kappa shape index (κ2) is 8.74. The van der Waals surface area contributed by atoms with E-state index >= 15 is 0 Å². The Hall–Kier alpha value is -1.79. The van der Waals surface area contributed by atoms with Crippen LogP contribution in [0.2, 0.25) is 0 Å². The van der Waals surface area contributed by atoms with Crippen molar-refractivity contribution in [2.24, 2.45) is 5.73 Å². The SMILES string of the molecule is CCOc1ccc(C(O)C(CCN)NC(=O)OC(C)(C)C)cc1. The van der Waals surface area contributed by atoms with Crippen molar-refractivity contribution in [2.75, 3.05) is 13.2 Å². The summed E-state index contributed by atoms with van der Waals surface area (Å²) in [4.78, 5) is 11.9. The van der Waals surface area contributed by atoms with Crippen molar-refractivity contribution in [2.45, 2.75) is 51.9 Å². The van der Waals surface area contributed by atoms with Crippen molar-refractivity contribution in [3.05, 3.63) is 29.8 Å². The molecular weight excluding hydrogens is 296 g/mol. The predicted octanol–water partition coefficient (Wildman–Crippen LogP) is 2.36. The van der Waals surface area contributed by atoms with Gasteiger partial charge in [0.1, 0.15) is 11.4 Å². The number of carbonyl (C=O) groups is 1. The highest BCUT2D eigenvalue weighted by molar-refractivity contribution is 5.68. The van der Waals surface area contributed by atoms with Gasteiger partial charge in [0.15, 0.2) is 0 Å². The van der Waals surface area contributed by atoms with Gasteiger partial charge in [0.2, 0.25) is 0 Å². The smallest absolute Gasteiger partial charge is 0.407 e. The van der Waals surface area contributed by atoms with Crippen LogP contribution in [0.15, 0.2) is 24.3 Å². The molecule has 1 aromatic rings. The molecule has 0 saturated heterocycles. The minimum atomic E-state index is -0.873. The molecule has 0 aliphatic carbocycles. The zero-order valence-corrected chi connectivity index (χ0v) is 14.3. The van der Waals surface area contributed by atoms with Gasteiger partial charge >= 0.3 is 6.09 Å². The number of carbonyl (C=O) groups excluding carboxylic acids is 1.